The largest absolute Gasteiger partial charge is 0.457 e. The van der Waals surface area contributed by atoms with Gasteiger partial charge in [-0.3, -0.25) is 0 Å². The zero-order valence-corrected chi connectivity index (χ0v) is 20.7. The van der Waals surface area contributed by atoms with Gasteiger partial charge in [0.05, 0.1) is 8.80 Å². The molecule has 3 heteroatoms. The minimum atomic E-state index is -1.09. The maximum Gasteiger partial charge on any atom is 0.129 e. The Labute approximate surface area is 182 Å². The molecule has 0 spiro atoms. The zero-order chi connectivity index (χ0) is 19.3. The Kier molecular flexibility index (Phi) is 9.27. The SMILES string of the molecule is CCC=C(C)C(Oc1ccccc1)=C(C1=CC(C(C)(C)C)=CC1)[SiH](C)C.[Ti]. The molecule has 0 bridgehead atoms. The first-order chi connectivity index (χ1) is 12.2. The summed E-state index contributed by atoms with van der Waals surface area (Å²) in [6, 6.07) is 10.2. The Morgan fingerprint density at radius 2 is 1.78 bits per heavy atom. The molecule has 0 atom stereocenters. The van der Waals surface area contributed by atoms with Crippen molar-refractivity contribution in [3.05, 3.63) is 76.2 Å². The second-order valence-corrected chi connectivity index (χ2v) is 11.3. The van der Waals surface area contributed by atoms with E-state index in [2.05, 4.69) is 65.9 Å². The van der Waals surface area contributed by atoms with Gasteiger partial charge in [-0.05, 0) is 59.2 Å². The zero-order valence-electron chi connectivity index (χ0n) is 18.0. The van der Waals surface area contributed by atoms with Crippen LogP contribution in [0.4, 0.5) is 0 Å². The molecule has 0 N–H and O–H groups in total. The Morgan fingerprint density at radius 1 is 1.15 bits per heavy atom. The van der Waals surface area contributed by atoms with E-state index in [9.17, 15) is 0 Å². The Bertz CT molecular complexity index is 746. The molecular formula is C24H34OSiTi. The average Bonchev–Trinajstić information content (AvgIpc) is 3.05. The van der Waals surface area contributed by atoms with Crippen LogP contribution < -0.4 is 4.74 Å². The van der Waals surface area contributed by atoms with Gasteiger partial charge in [-0.25, -0.2) is 0 Å². The van der Waals surface area contributed by atoms with Crippen molar-refractivity contribution in [2.75, 3.05) is 0 Å². The van der Waals surface area contributed by atoms with Gasteiger partial charge in [-0.2, -0.15) is 0 Å². The van der Waals surface area contributed by atoms with Crippen molar-refractivity contribution in [3.63, 3.8) is 0 Å². The van der Waals surface area contributed by atoms with Crippen LogP contribution in [0.2, 0.25) is 13.1 Å². The Morgan fingerprint density at radius 3 is 2.26 bits per heavy atom. The van der Waals surface area contributed by atoms with Crippen molar-refractivity contribution in [1.29, 1.82) is 0 Å². The first-order valence-electron chi connectivity index (χ1n) is 9.79. The fourth-order valence-corrected chi connectivity index (χ4v) is 5.12. The monoisotopic (exact) mass is 414 g/mol. The molecule has 1 aromatic rings. The van der Waals surface area contributed by atoms with E-state index < -0.39 is 8.80 Å². The van der Waals surface area contributed by atoms with E-state index in [0.29, 0.717) is 0 Å². The maximum absolute atomic E-state index is 6.47. The van der Waals surface area contributed by atoms with Crippen LogP contribution >= 0.6 is 0 Å². The van der Waals surface area contributed by atoms with Crippen LogP contribution in [0.1, 0.15) is 47.5 Å². The van der Waals surface area contributed by atoms with E-state index in [1.807, 2.05) is 30.3 Å². The molecule has 1 nitrogen and oxygen atoms in total. The molecule has 1 aromatic carbocycles. The molecule has 0 radical (unpaired) electrons. The van der Waals surface area contributed by atoms with E-state index in [-0.39, 0.29) is 27.1 Å². The summed E-state index contributed by atoms with van der Waals surface area (Å²) in [5.41, 5.74) is 4.33. The summed E-state index contributed by atoms with van der Waals surface area (Å²) in [5.74, 6) is 2.00. The van der Waals surface area contributed by atoms with Crippen LogP contribution in [0.5, 0.6) is 5.75 Å². The van der Waals surface area contributed by atoms with Crippen molar-refractivity contribution >= 4 is 8.80 Å². The topological polar surface area (TPSA) is 9.23 Å². The molecule has 0 aromatic heterocycles. The fourth-order valence-electron chi connectivity index (χ4n) is 3.37. The van der Waals surface area contributed by atoms with E-state index in [0.717, 1.165) is 24.4 Å². The van der Waals surface area contributed by atoms with Crippen molar-refractivity contribution in [2.45, 2.75) is 60.6 Å². The van der Waals surface area contributed by atoms with Gasteiger partial charge in [-0.15, -0.1) is 0 Å². The van der Waals surface area contributed by atoms with Gasteiger partial charge in [0.2, 0.25) is 0 Å². The quantitative estimate of drug-likeness (QED) is 0.277. The molecule has 0 fully saturated rings. The number of allylic oxidation sites excluding steroid dienone is 7. The third-order valence-electron chi connectivity index (χ3n) is 4.74. The van der Waals surface area contributed by atoms with E-state index in [1.54, 1.807) is 0 Å². The second-order valence-electron chi connectivity index (χ2n) is 8.39. The summed E-state index contributed by atoms with van der Waals surface area (Å²) < 4.78 is 6.47. The Balaban J connectivity index is 0.00000364. The van der Waals surface area contributed by atoms with Crippen LogP contribution in [0.3, 0.4) is 0 Å². The van der Waals surface area contributed by atoms with Crippen molar-refractivity contribution in [2.24, 2.45) is 5.41 Å². The number of benzene rings is 1. The molecule has 1 aliphatic carbocycles. The maximum atomic E-state index is 6.47. The molecule has 0 heterocycles. The summed E-state index contributed by atoms with van der Waals surface area (Å²) in [6.07, 6.45) is 9.13. The number of hydrogen-bond donors (Lipinski definition) is 0. The van der Waals surface area contributed by atoms with Gasteiger partial charge in [0, 0.05) is 21.7 Å². The van der Waals surface area contributed by atoms with Crippen molar-refractivity contribution < 1.29 is 26.5 Å². The van der Waals surface area contributed by atoms with Crippen LogP contribution in [-0.2, 0) is 21.7 Å². The van der Waals surface area contributed by atoms with Gasteiger partial charge in [0.1, 0.15) is 11.5 Å². The minimum Gasteiger partial charge on any atom is -0.457 e. The summed E-state index contributed by atoms with van der Waals surface area (Å²) in [4.78, 5) is 0. The first-order valence-corrected chi connectivity index (χ1v) is 12.7. The predicted octanol–water partition coefficient (Wildman–Crippen LogP) is 7.00. The minimum absolute atomic E-state index is 0. The number of hydrogen-bond acceptors (Lipinski definition) is 1. The van der Waals surface area contributed by atoms with E-state index >= 15 is 0 Å². The molecule has 0 aliphatic heterocycles. The predicted molar refractivity (Wildman–Crippen MR) is 117 cm³/mol. The Hall–Kier alpha value is -1.09. The molecule has 0 unspecified atom stereocenters. The van der Waals surface area contributed by atoms with Crippen molar-refractivity contribution in [1.82, 2.24) is 0 Å². The normalized spacial score (nSPS) is 15.8. The third-order valence-corrected chi connectivity index (χ3v) is 6.52. The molecule has 0 amide bonds. The number of rotatable bonds is 6. The molecule has 1 aliphatic rings. The molecule has 27 heavy (non-hydrogen) atoms. The van der Waals surface area contributed by atoms with E-state index in [4.69, 9.17) is 4.74 Å². The molecule has 0 saturated heterocycles. The number of ether oxygens (including phenoxy) is 1. The fraction of sp³-hybridized carbons (Fsp3) is 0.417. The second kappa shape index (κ2) is 10.5. The van der Waals surface area contributed by atoms with Crippen LogP contribution in [0.25, 0.3) is 0 Å². The summed E-state index contributed by atoms with van der Waals surface area (Å²) in [6.45, 7) is 16.0. The molecule has 144 valence electrons. The summed E-state index contributed by atoms with van der Waals surface area (Å²) in [5, 5.41) is 1.46. The summed E-state index contributed by atoms with van der Waals surface area (Å²) >= 11 is 0. The smallest absolute Gasteiger partial charge is 0.129 e. The van der Waals surface area contributed by atoms with Crippen LogP contribution in [0, 0.1) is 5.41 Å². The van der Waals surface area contributed by atoms with Gasteiger partial charge in [-0.1, -0.05) is 77.2 Å². The molecule has 2 rings (SSSR count). The molecular weight excluding hydrogens is 380 g/mol. The van der Waals surface area contributed by atoms with Gasteiger partial charge in [0.15, 0.2) is 0 Å². The number of para-hydroxylation sites is 1. The van der Waals surface area contributed by atoms with Crippen LogP contribution in [0.15, 0.2) is 76.2 Å². The summed E-state index contributed by atoms with van der Waals surface area (Å²) in [7, 11) is -1.09. The molecule has 0 saturated carbocycles. The average molecular weight is 414 g/mol. The van der Waals surface area contributed by atoms with Gasteiger partial charge >= 0.3 is 0 Å². The standard InChI is InChI=1S/C24H34OSi.Ti/c1-8-12-18(2)22(25-21-13-10-9-11-14-21)23(26(6)7)19-15-16-20(17-19)24(3,4)5;/h9-14,16-17,26H,8,15H2,1-7H3;. The van der Waals surface area contributed by atoms with Gasteiger partial charge < -0.3 is 4.74 Å². The first kappa shape index (κ1) is 23.9. The van der Waals surface area contributed by atoms with E-state index in [1.165, 1.54) is 21.9 Å². The third kappa shape index (κ3) is 6.48. The van der Waals surface area contributed by atoms with Crippen molar-refractivity contribution in [3.8, 4) is 5.75 Å². The van der Waals surface area contributed by atoms with Gasteiger partial charge in [0.25, 0.3) is 0 Å². The van der Waals surface area contributed by atoms with Crippen LogP contribution in [-0.4, -0.2) is 8.80 Å².